The van der Waals surface area contributed by atoms with E-state index >= 15 is 0 Å². The zero-order valence-electron chi connectivity index (χ0n) is 17.9. The minimum absolute atomic E-state index is 0.154. The summed E-state index contributed by atoms with van der Waals surface area (Å²) in [6.07, 6.45) is 0.800. The molecule has 0 aliphatic carbocycles. The zero-order valence-corrected chi connectivity index (χ0v) is 19.4. The van der Waals surface area contributed by atoms with E-state index in [4.69, 9.17) is 11.6 Å². The Morgan fingerprint density at radius 2 is 1.55 bits per heavy atom. The van der Waals surface area contributed by atoms with Gasteiger partial charge in [-0.1, -0.05) is 61.0 Å². The number of sulfone groups is 1. The maximum Gasteiger partial charge on any atom is 0.274 e. The first kappa shape index (κ1) is 21.7. The van der Waals surface area contributed by atoms with Gasteiger partial charge in [-0.25, -0.2) is 8.42 Å². The zero-order chi connectivity index (χ0) is 23.4. The molecule has 3 aromatic carbocycles. The Bertz CT molecular complexity index is 1370. The van der Waals surface area contributed by atoms with E-state index in [0.717, 1.165) is 17.5 Å². The molecule has 0 radical (unpaired) electrons. The van der Waals surface area contributed by atoms with Crippen molar-refractivity contribution in [3.63, 3.8) is 0 Å². The fourth-order valence-electron chi connectivity index (χ4n) is 4.70. The van der Waals surface area contributed by atoms with Crippen LogP contribution in [0.5, 0.6) is 0 Å². The lowest BCUT2D eigenvalue weighted by atomic mass is 10.0. The van der Waals surface area contributed by atoms with Crippen LogP contribution < -0.4 is 9.80 Å². The molecule has 8 heteroatoms. The van der Waals surface area contributed by atoms with Crippen molar-refractivity contribution < 1.29 is 18.0 Å². The monoisotopic (exact) mass is 480 g/mol. The molecule has 0 saturated carbocycles. The van der Waals surface area contributed by atoms with Crippen LogP contribution >= 0.6 is 11.6 Å². The van der Waals surface area contributed by atoms with Gasteiger partial charge in [-0.2, -0.15) is 0 Å². The van der Waals surface area contributed by atoms with Crippen molar-refractivity contribution in [3.05, 3.63) is 94.5 Å². The van der Waals surface area contributed by atoms with Gasteiger partial charge in [0, 0.05) is 16.3 Å². The smallest absolute Gasteiger partial charge is 0.274 e. The van der Waals surface area contributed by atoms with E-state index in [2.05, 4.69) is 0 Å². The summed E-state index contributed by atoms with van der Waals surface area (Å²) in [5.41, 5.74) is 3.00. The summed E-state index contributed by atoms with van der Waals surface area (Å²) in [7, 11) is -4.18. The lowest BCUT2D eigenvalue weighted by Gasteiger charge is -2.32. The lowest BCUT2D eigenvalue weighted by molar-refractivity contribution is -0.123. The third kappa shape index (κ3) is 3.10. The molecule has 2 aliphatic heterocycles. The van der Waals surface area contributed by atoms with E-state index in [1.54, 1.807) is 60.7 Å². The highest BCUT2D eigenvalue weighted by molar-refractivity contribution is 7.94. The molecule has 6 nitrogen and oxygen atoms in total. The fourth-order valence-corrected chi connectivity index (χ4v) is 6.86. The van der Waals surface area contributed by atoms with Crippen LogP contribution in [0.3, 0.4) is 0 Å². The summed E-state index contributed by atoms with van der Waals surface area (Å²) in [5.74, 6) is -1.99. The predicted molar refractivity (Wildman–Crippen MR) is 128 cm³/mol. The molecule has 1 atom stereocenters. The molecule has 1 saturated heterocycles. The van der Waals surface area contributed by atoms with Crippen molar-refractivity contribution in [2.45, 2.75) is 24.8 Å². The maximum absolute atomic E-state index is 14.1. The van der Waals surface area contributed by atoms with Crippen molar-refractivity contribution in [3.8, 4) is 0 Å². The van der Waals surface area contributed by atoms with Crippen molar-refractivity contribution in [1.82, 2.24) is 0 Å². The number of carbonyl (C=O) groups excluding carboxylic acids is 2. The highest BCUT2D eigenvalue weighted by Crippen LogP contribution is 2.52. The minimum atomic E-state index is -4.18. The fraction of sp³-hybridized carbons (Fsp3) is 0.200. The van der Waals surface area contributed by atoms with E-state index < -0.39 is 32.3 Å². The summed E-state index contributed by atoms with van der Waals surface area (Å²) >= 11 is 5.99. The predicted octanol–water partition coefficient (Wildman–Crippen LogP) is 4.06. The van der Waals surface area contributed by atoms with Crippen molar-refractivity contribution in [1.29, 1.82) is 0 Å². The number of para-hydroxylation sites is 1. The second-order valence-electron chi connectivity index (χ2n) is 8.19. The molecule has 2 amide bonds. The quantitative estimate of drug-likeness (QED) is 0.564. The number of amides is 2. The Hall–Kier alpha value is -3.16. The molecule has 168 valence electrons. The first-order valence-corrected chi connectivity index (χ1v) is 12.6. The van der Waals surface area contributed by atoms with Crippen LogP contribution in [-0.2, 0) is 37.3 Å². The van der Waals surface area contributed by atoms with E-state index in [1.165, 1.54) is 9.80 Å². The Morgan fingerprint density at radius 3 is 2.21 bits per heavy atom. The first-order valence-electron chi connectivity index (χ1n) is 10.6. The van der Waals surface area contributed by atoms with Crippen LogP contribution in [-0.4, -0.2) is 26.0 Å². The number of aryl methyl sites for hydroxylation is 1. The van der Waals surface area contributed by atoms with Crippen LogP contribution in [0.4, 0.5) is 11.4 Å². The standard InChI is InChI=1S/C25H21ClN2O4S/c1-2-17-9-13-20(14-10-17)28-23(29)16-33(31,32)25(28)21-5-3-4-6-22(21)27(24(25)30)15-18-7-11-19(26)12-8-18/h3-14H,2,15-16H2,1H3/t25-/m1/s1. The summed E-state index contributed by atoms with van der Waals surface area (Å²) in [4.78, 5) is 27.7. The summed E-state index contributed by atoms with van der Waals surface area (Å²) in [6.45, 7) is 2.16. The lowest BCUT2D eigenvalue weighted by Crippen LogP contribution is -2.54. The molecular weight excluding hydrogens is 460 g/mol. The topological polar surface area (TPSA) is 74.8 Å². The van der Waals surface area contributed by atoms with Gasteiger partial charge in [-0.3, -0.25) is 14.5 Å². The molecule has 2 heterocycles. The molecule has 33 heavy (non-hydrogen) atoms. The van der Waals surface area contributed by atoms with Crippen LogP contribution in [0.15, 0.2) is 72.8 Å². The molecule has 3 aromatic rings. The van der Waals surface area contributed by atoms with Crippen molar-refractivity contribution >= 4 is 44.6 Å². The van der Waals surface area contributed by atoms with Crippen molar-refractivity contribution in [2.24, 2.45) is 0 Å². The Labute approximate surface area is 197 Å². The molecule has 0 bridgehead atoms. The number of hydrogen-bond acceptors (Lipinski definition) is 4. The van der Waals surface area contributed by atoms with Gasteiger partial charge in [-0.05, 0) is 47.9 Å². The van der Waals surface area contributed by atoms with Gasteiger partial charge >= 0.3 is 0 Å². The largest absolute Gasteiger partial charge is 0.304 e. The number of benzene rings is 3. The van der Waals surface area contributed by atoms with Gasteiger partial charge in [0.1, 0.15) is 5.75 Å². The van der Waals surface area contributed by atoms with Gasteiger partial charge in [0.25, 0.3) is 10.8 Å². The van der Waals surface area contributed by atoms with Gasteiger partial charge in [0.2, 0.25) is 5.91 Å². The number of hydrogen-bond donors (Lipinski definition) is 0. The van der Waals surface area contributed by atoms with Crippen molar-refractivity contribution in [2.75, 3.05) is 15.6 Å². The molecule has 2 aliphatic rings. The second kappa shape index (κ2) is 7.71. The molecule has 5 rings (SSSR count). The number of anilines is 2. The molecule has 1 spiro atoms. The average Bonchev–Trinajstić information content (AvgIpc) is 3.18. The van der Waals surface area contributed by atoms with E-state index in [1.807, 2.05) is 19.1 Å². The van der Waals surface area contributed by atoms with Gasteiger partial charge in [0.15, 0.2) is 9.84 Å². The van der Waals surface area contributed by atoms with E-state index in [0.29, 0.717) is 22.0 Å². The average molecular weight is 481 g/mol. The van der Waals surface area contributed by atoms with E-state index in [9.17, 15) is 18.0 Å². The first-order chi connectivity index (χ1) is 15.8. The molecule has 0 aromatic heterocycles. The Kier molecular flexibility index (Phi) is 5.06. The summed E-state index contributed by atoms with van der Waals surface area (Å²) < 4.78 is 27.2. The number of nitrogens with zero attached hydrogens (tertiary/aromatic N) is 2. The molecule has 0 unspecified atom stereocenters. The van der Waals surface area contributed by atoms with Crippen LogP contribution in [0.25, 0.3) is 0 Å². The number of carbonyl (C=O) groups is 2. The Balaban J connectivity index is 1.70. The minimum Gasteiger partial charge on any atom is -0.304 e. The normalized spacial score (nSPS) is 21.2. The molecular formula is C25H21ClN2O4S. The Morgan fingerprint density at radius 1 is 0.909 bits per heavy atom. The number of halogens is 1. The SMILES string of the molecule is CCc1ccc(N2C(=O)CS(=O)(=O)[C@]23C(=O)N(Cc2ccc(Cl)cc2)c2ccccc23)cc1. The highest BCUT2D eigenvalue weighted by atomic mass is 35.5. The van der Waals surface area contributed by atoms with E-state index in [-0.39, 0.29) is 6.54 Å². The third-order valence-corrected chi connectivity index (χ3v) is 8.64. The highest BCUT2D eigenvalue weighted by Gasteiger charge is 2.69. The molecule has 1 fully saturated rings. The van der Waals surface area contributed by atoms with Crippen LogP contribution in [0.1, 0.15) is 23.6 Å². The van der Waals surface area contributed by atoms with Crippen LogP contribution in [0, 0.1) is 0 Å². The molecule has 0 N–H and O–H groups in total. The van der Waals surface area contributed by atoms with Gasteiger partial charge in [0.05, 0.1) is 12.2 Å². The summed E-state index contributed by atoms with van der Waals surface area (Å²) in [6, 6.07) is 20.9. The number of rotatable bonds is 4. The van der Waals surface area contributed by atoms with Crippen LogP contribution in [0.2, 0.25) is 5.02 Å². The van der Waals surface area contributed by atoms with Gasteiger partial charge < -0.3 is 4.90 Å². The third-order valence-electron chi connectivity index (χ3n) is 6.28. The second-order valence-corrected chi connectivity index (χ2v) is 10.7. The van der Waals surface area contributed by atoms with Gasteiger partial charge in [-0.15, -0.1) is 0 Å². The number of fused-ring (bicyclic) bond motifs is 2. The summed E-state index contributed by atoms with van der Waals surface area (Å²) in [5, 5.41) is 0.564. The maximum atomic E-state index is 14.1.